The van der Waals surface area contributed by atoms with Gasteiger partial charge in [-0.25, -0.2) is 4.98 Å². The first-order chi connectivity index (χ1) is 13.7. The first-order valence-corrected chi connectivity index (χ1v) is 10.5. The van der Waals surface area contributed by atoms with E-state index in [-0.39, 0.29) is 11.9 Å². The molecule has 0 saturated heterocycles. The van der Waals surface area contributed by atoms with Gasteiger partial charge in [0.25, 0.3) is 5.91 Å². The Kier molecular flexibility index (Phi) is 4.42. The number of imidazole rings is 1. The number of benzene rings is 2. The number of hydrogen-bond donors (Lipinski definition) is 1. The summed E-state index contributed by atoms with van der Waals surface area (Å²) in [6.07, 6.45) is 7.30. The number of aromatic nitrogens is 2. The number of amides is 1. The van der Waals surface area contributed by atoms with Crippen molar-refractivity contribution >= 4 is 16.9 Å². The highest BCUT2D eigenvalue weighted by Crippen LogP contribution is 2.49. The molecule has 1 amide bonds. The van der Waals surface area contributed by atoms with Crippen molar-refractivity contribution in [3.05, 3.63) is 66.0 Å². The molecule has 3 aromatic rings. The van der Waals surface area contributed by atoms with Crippen LogP contribution in [0, 0.1) is 17.8 Å². The third-order valence-electron chi connectivity index (χ3n) is 6.89. The van der Waals surface area contributed by atoms with Gasteiger partial charge in [0.15, 0.2) is 0 Å². The molecule has 2 bridgehead atoms. The maximum Gasteiger partial charge on any atom is 0.251 e. The van der Waals surface area contributed by atoms with Gasteiger partial charge in [-0.05, 0) is 73.8 Å². The van der Waals surface area contributed by atoms with Crippen LogP contribution >= 0.6 is 0 Å². The summed E-state index contributed by atoms with van der Waals surface area (Å²) in [6.45, 7) is 2.94. The van der Waals surface area contributed by atoms with E-state index in [1.165, 1.54) is 31.2 Å². The van der Waals surface area contributed by atoms with Gasteiger partial charge in [0.2, 0.25) is 0 Å². The van der Waals surface area contributed by atoms with Crippen LogP contribution in [-0.2, 0) is 6.54 Å². The Morgan fingerprint density at radius 3 is 2.71 bits per heavy atom. The van der Waals surface area contributed by atoms with Crippen molar-refractivity contribution in [2.24, 2.45) is 17.8 Å². The summed E-state index contributed by atoms with van der Waals surface area (Å²) in [7, 11) is 0. The highest BCUT2D eigenvalue weighted by Gasteiger charge is 2.42. The summed E-state index contributed by atoms with van der Waals surface area (Å²) >= 11 is 0. The van der Waals surface area contributed by atoms with E-state index in [0.717, 1.165) is 35.0 Å². The molecule has 4 nitrogen and oxygen atoms in total. The lowest BCUT2D eigenvalue weighted by Gasteiger charge is -2.28. The fraction of sp³-hybridized carbons (Fsp3) is 0.417. The molecule has 0 unspecified atom stereocenters. The van der Waals surface area contributed by atoms with Gasteiger partial charge in [-0.3, -0.25) is 4.79 Å². The Bertz CT molecular complexity index is 991. The van der Waals surface area contributed by atoms with Gasteiger partial charge < -0.3 is 9.88 Å². The van der Waals surface area contributed by atoms with Crippen molar-refractivity contribution in [1.82, 2.24) is 14.9 Å². The zero-order valence-corrected chi connectivity index (χ0v) is 16.3. The van der Waals surface area contributed by atoms with Crippen LogP contribution < -0.4 is 5.32 Å². The number of nitrogens with one attached hydrogen (secondary N) is 1. The predicted molar refractivity (Wildman–Crippen MR) is 111 cm³/mol. The summed E-state index contributed by atoms with van der Waals surface area (Å²) in [5, 5.41) is 3.26. The van der Waals surface area contributed by atoms with E-state index in [2.05, 4.69) is 27.9 Å². The summed E-state index contributed by atoms with van der Waals surface area (Å²) in [4.78, 5) is 17.1. The molecule has 1 N–H and O–H groups in total. The summed E-state index contributed by atoms with van der Waals surface area (Å²) < 4.78 is 2.14. The molecular formula is C24H27N3O. The fourth-order valence-electron chi connectivity index (χ4n) is 5.40. The number of para-hydroxylation sites is 2. The van der Waals surface area contributed by atoms with E-state index in [1.54, 1.807) is 0 Å². The van der Waals surface area contributed by atoms with E-state index >= 15 is 0 Å². The molecule has 0 spiro atoms. The summed E-state index contributed by atoms with van der Waals surface area (Å²) in [5.41, 5.74) is 4.05. The van der Waals surface area contributed by atoms with Gasteiger partial charge >= 0.3 is 0 Å². The molecule has 0 radical (unpaired) electrons. The molecule has 144 valence electrons. The topological polar surface area (TPSA) is 46.9 Å². The lowest BCUT2D eigenvalue weighted by Crippen LogP contribution is -2.40. The Balaban J connectivity index is 1.24. The second-order valence-corrected chi connectivity index (χ2v) is 8.66. The minimum absolute atomic E-state index is 0.0508. The maximum atomic E-state index is 12.7. The molecule has 28 heavy (non-hydrogen) atoms. The second kappa shape index (κ2) is 7.08. The third kappa shape index (κ3) is 3.21. The molecule has 0 aliphatic heterocycles. The molecule has 2 aliphatic rings. The van der Waals surface area contributed by atoms with Crippen LogP contribution in [0.15, 0.2) is 54.9 Å². The number of nitrogens with zero attached hydrogens (tertiary/aromatic N) is 2. The van der Waals surface area contributed by atoms with Crippen molar-refractivity contribution in [1.29, 1.82) is 0 Å². The fourth-order valence-corrected chi connectivity index (χ4v) is 5.40. The van der Waals surface area contributed by atoms with E-state index in [4.69, 9.17) is 0 Å². The highest BCUT2D eigenvalue weighted by molar-refractivity contribution is 5.94. The number of fused-ring (bicyclic) bond motifs is 3. The van der Waals surface area contributed by atoms with Gasteiger partial charge in [0, 0.05) is 18.2 Å². The SMILES string of the molecule is C[C@H](NC(=O)c1ccc(Cn2cnc3ccccc32)cc1)[C@H]1C[C@H]2CC[C@H]1C2. The van der Waals surface area contributed by atoms with Crippen molar-refractivity contribution < 1.29 is 4.79 Å². The van der Waals surface area contributed by atoms with Crippen LogP contribution in [0.3, 0.4) is 0 Å². The van der Waals surface area contributed by atoms with Gasteiger partial charge in [0.05, 0.1) is 17.4 Å². The molecule has 1 heterocycles. The Labute approximate surface area is 166 Å². The van der Waals surface area contributed by atoms with E-state index in [1.807, 2.05) is 48.8 Å². The monoisotopic (exact) mass is 373 g/mol. The van der Waals surface area contributed by atoms with E-state index in [0.29, 0.717) is 5.92 Å². The van der Waals surface area contributed by atoms with Crippen LogP contribution in [0.1, 0.15) is 48.5 Å². The van der Waals surface area contributed by atoms with Gasteiger partial charge in [-0.15, -0.1) is 0 Å². The maximum absolute atomic E-state index is 12.7. The molecule has 2 aliphatic carbocycles. The lowest BCUT2D eigenvalue weighted by molar-refractivity contribution is 0.0915. The van der Waals surface area contributed by atoms with Gasteiger partial charge in [0.1, 0.15) is 0 Å². The van der Waals surface area contributed by atoms with Crippen molar-refractivity contribution in [3.63, 3.8) is 0 Å². The van der Waals surface area contributed by atoms with E-state index < -0.39 is 0 Å². The zero-order chi connectivity index (χ0) is 19.1. The van der Waals surface area contributed by atoms with Crippen molar-refractivity contribution in [3.8, 4) is 0 Å². The Morgan fingerprint density at radius 2 is 1.96 bits per heavy atom. The minimum Gasteiger partial charge on any atom is -0.349 e. The highest BCUT2D eigenvalue weighted by atomic mass is 16.1. The molecule has 4 heteroatoms. The zero-order valence-electron chi connectivity index (χ0n) is 16.3. The molecule has 2 aromatic carbocycles. The van der Waals surface area contributed by atoms with Crippen LogP contribution in [0.5, 0.6) is 0 Å². The van der Waals surface area contributed by atoms with Gasteiger partial charge in [-0.2, -0.15) is 0 Å². The van der Waals surface area contributed by atoms with Crippen LogP contribution in [0.25, 0.3) is 11.0 Å². The molecule has 2 saturated carbocycles. The second-order valence-electron chi connectivity index (χ2n) is 8.66. The number of carbonyl (C=O) groups is 1. The van der Waals surface area contributed by atoms with Crippen LogP contribution in [-0.4, -0.2) is 21.5 Å². The molecule has 2 fully saturated rings. The lowest BCUT2D eigenvalue weighted by atomic mass is 9.84. The first-order valence-electron chi connectivity index (χ1n) is 10.5. The van der Waals surface area contributed by atoms with E-state index in [9.17, 15) is 4.79 Å². The Hall–Kier alpha value is -2.62. The van der Waals surface area contributed by atoms with Crippen LogP contribution in [0.2, 0.25) is 0 Å². The standard InChI is InChI=1S/C24H27N3O/c1-16(21-13-18-8-11-20(21)12-18)26-24(28)19-9-6-17(7-10-19)14-27-15-25-22-4-2-3-5-23(22)27/h2-7,9-10,15-16,18,20-21H,8,11-14H2,1H3,(H,26,28)/t16-,18-,20-,21+/m0/s1. The summed E-state index contributed by atoms with van der Waals surface area (Å²) in [5.74, 6) is 2.45. The Morgan fingerprint density at radius 1 is 1.14 bits per heavy atom. The number of rotatable bonds is 5. The minimum atomic E-state index is 0.0508. The smallest absolute Gasteiger partial charge is 0.251 e. The molecular weight excluding hydrogens is 346 g/mol. The molecule has 4 atom stereocenters. The number of carbonyl (C=O) groups excluding carboxylic acids is 1. The largest absolute Gasteiger partial charge is 0.349 e. The van der Waals surface area contributed by atoms with Crippen molar-refractivity contribution in [2.75, 3.05) is 0 Å². The average molecular weight is 374 g/mol. The molecule has 1 aromatic heterocycles. The normalized spacial score (nSPS) is 24.5. The number of hydrogen-bond acceptors (Lipinski definition) is 2. The third-order valence-corrected chi connectivity index (χ3v) is 6.89. The quantitative estimate of drug-likeness (QED) is 0.708. The first kappa shape index (κ1) is 17.5. The van der Waals surface area contributed by atoms with Gasteiger partial charge in [-0.1, -0.05) is 30.7 Å². The molecule has 5 rings (SSSR count). The van der Waals surface area contributed by atoms with Crippen LogP contribution in [0.4, 0.5) is 0 Å². The average Bonchev–Trinajstić information content (AvgIpc) is 3.45. The predicted octanol–water partition coefficient (Wildman–Crippen LogP) is 4.64. The van der Waals surface area contributed by atoms with Crippen molar-refractivity contribution in [2.45, 2.75) is 45.2 Å². The summed E-state index contributed by atoms with van der Waals surface area (Å²) in [6, 6.07) is 16.4.